The zero-order valence-electron chi connectivity index (χ0n) is 18.9. The number of benzene rings is 2. The van der Waals surface area contributed by atoms with E-state index in [-0.39, 0.29) is 35.6 Å². The minimum absolute atomic E-state index is 0. The molecular weight excluding hydrogens is 486 g/mol. The fraction of sp³-hybridized carbons (Fsp3) is 0.296. The van der Waals surface area contributed by atoms with Crippen LogP contribution in [0.15, 0.2) is 72.8 Å². The topological polar surface area (TPSA) is 0 Å². The Balaban J connectivity index is 0.000000488. The molecule has 0 spiro atoms. The van der Waals surface area contributed by atoms with Crippen LogP contribution in [-0.2, 0) is 35.1 Å². The Morgan fingerprint density at radius 1 is 0.600 bits per heavy atom. The van der Waals surface area contributed by atoms with Crippen molar-refractivity contribution >= 4 is 25.8 Å². The van der Waals surface area contributed by atoms with E-state index < -0.39 is 0 Å². The van der Waals surface area contributed by atoms with Gasteiger partial charge in [-0.25, -0.2) is 0 Å². The molecular formula is C27H32Cl2Zr-2. The maximum atomic E-state index is 3.34. The molecule has 4 aromatic rings. The van der Waals surface area contributed by atoms with Gasteiger partial charge in [0.1, 0.15) is 0 Å². The zero-order chi connectivity index (χ0) is 20.9. The quantitative estimate of drug-likeness (QED) is 0.311. The number of rotatable bonds is 0. The Hall–Kier alpha value is -1.01. The molecule has 0 radical (unpaired) electrons. The van der Waals surface area contributed by atoms with Crippen molar-refractivity contribution in [1.82, 2.24) is 0 Å². The van der Waals surface area contributed by atoms with Crippen LogP contribution in [0.5, 0.6) is 0 Å². The van der Waals surface area contributed by atoms with E-state index in [1.165, 1.54) is 56.9 Å². The zero-order valence-corrected chi connectivity index (χ0v) is 22.9. The molecule has 0 N–H and O–H groups in total. The average Bonchev–Trinajstić information content (AvgIpc) is 3.27. The van der Waals surface area contributed by atoms with E-state index >= 15 is 0 Å². The molecule has 0 fully saturated rings. The van der Waals surface area contributed by atoms with E-state index in [1.54, 1.807) is 0 Å². The first kappa shape index (κ1) is 29.0. The van der Waals surface area contributed by atoms with Crippen molar-refractivity contribution in [1.29, 1.82) is 0 Å². The van der Waals surface area contributed by atoms with Crippen LogP contribution in [0.3, 0.4) is 0 Å². The number of fused-ring (bicyclic) bond motifs is 2. The first-order valence-corrected chi connectivity index (χ1v) is 11.6. The van der Waals surface area contributed by atoms with E-state index in [2.05, 4.69) is 119 Å². The Kier molecular flexibility index (Phi) is 11.7. The third kappa shape index (κ3) is 7.01. The summed E-state index contributed by atoms with van der Waals surface area (Å²) in [6.07, 6.45) is 0. The Morgan fingerprint density at radius 2 is 0.900 bits per heavy atom. The van der Waals surface area contributed by atoms with Crippen molar-refractivity contribution in [2.45, 2.75) is 52.4 Å². The Labute approximate surface area is 209 Å². The standard InChI is InChI=1S/2C13H15.CH2.2ClH.Zr/c2*1-13(2,3)12-9-8-10-6-4-5-7-11(10)12;;;;/h2*4-9H,1-3H3;1H2;2*1H;/q2*-1;;;;+2/p-2. The molecule has 0 aromatic heterocycles. The van der Waals surface area contributed by atoms with Crippen LogP contribution >= 0.6 is 0 Å². The van der Waals surface area contributed by atoms with Crippen LogP contribution in [0.4, 0.5) is 0 Å². The van der Waals surface area contributed by atoms with Crippen LogP contribution in [0, 0.1) is 0 Å². The van der Waals surface area contributed by atoms with Crippen molar-refractivity contribution in [3.8, 4) is 0 Å². The average molecular weight is 519 g/mol. The normalized spacial score (nSPS) is 10.8. The van der Waals surface area contributed by atoms with Crippen molar-refractivity contribution in [3.63, 3.8) is 0 Å². The van der Waals surface area contributed by atoms with Crippen LogP contribution in [0.25, 0.3) is 21.5 Å². The molecule has 0 bridgehead atoms. The van der Waals surface area contributed by atoms with Crippen LogP contribution < -0.4 is 24.8 Å². The van der Waals surface area contributed by atoms with E-state index in [0.717, 1.165) is 0 Å². The minimum Gasteiger partial charge on any atom is -1.00 e. The molecule has 0 aliphatic rings. The van der Waals surface area contributed by atoms with Gasteiger partial charge in [-0.05, 0) is 0 Å². The van der Waals surface area contributed by atoms with Gasteiger partial charge >= 0.3 is 28.4 Å². The summed E-state index contributed by atoms with van der Waals surface area (Å²) in [4.78, 5) is 0. The summed E-state index contributed by atoms with van der Waals surface area (Å²) in [5.41, 5.74) is 3.40. The summed E-state index contributed by atoms with van der Waals surface area (Å²) < 4.78 is 3.34. The van der Waals surface area contributed by atoms with Gasteiger partial charge in [0.2, 0.25) is 0 Å². The number of halogens is 2. The Morgan fingerprint density at radius 3 is 1.20 bits per heavy atom. The van der Waals surface area contributed by atoms with E-state index in [4.69, 9.17) is 0 Å². The summed E-state index contributed by atoms with van der Waals surface area (Å²) in [5, 5.41) is 5.50. The van der Waals surface area contributed by atoms with Gasteiger partial charge in [-0.15, -0.1) is 93.3 Å². The predicted octanol–water partition coefficient (Wildman–Crippen LogP) is 1.69. The van der Waals surface area contributed by atoms with E-state index in [1.807, 2.05) is 0 Å². The molecule has 0 saturated heterocycles. The van der Waals surface area contributed by atoms with Crippen LogP contribution in [0.1, 0.15) is 52.7 Å². The molecule has 0 aliphatic heterocycles. The summed E-state index contributed by atoms with van der Waals surface area (Å²) in [6.45, 7) is 13.6. The van der Waals surface area contributed by atoms with Crippen molar-refractivity contribution < 1.29 is 49.0 Å². The molecule has 4 aromatic carbocycles. The largest absolute Gasteiger partial charge is 1.00 e. The fourth-order valence-corrected chi connectivity index (χ4v) is 3.61. The second kappa shape index (κ2) is 12.1. The Bertz CT molecular complexity index is 942. The van der Waals surface area contributed by atoms with Crippen molar-refractivity contribution in [2.24, 2.45) is 0 Å². The second-order valence-corrected chi connectivity index (χ2v) is 9.17. The minimum atomic E-state index is 0. The van der Waals surface area contributed by atoms with Crippen LogP contribution in [-0.4, -0.2) is 4.21 Å². The SMILES string of the molecule is CC(C)(C)c1c[cH-]c2ccccc12.CC(C)(C)c1c[cH-]c2ccccc12.[CH2]=[Zr+2].[Cl-].[Cl-]. The van der Waals surface area contributed by atoms with Gasteiger partial charge in [0, 0.05) is 0 Å². The van der Waals surface area contributed by atoms with Gasteiger partial charge in [-0.3, -0.25) is 0 Å². The maximum absolute atomic E-state index is 3.34. The van der Waals surface area contributed by atoms with E-state index in [0.29, 0.717) is 0 Å². The summed E-state index contributed by atoms with van der Waals surface area (Å²) in [6, 6.07) is 26.0. The first-order valence-electron chi connectivity index (χ1n) is 9.83. The summed E-state index contributed by atoms with van der Waals surface area (Å²) >= 11 is 1.30. The molecule has 0 atom stereocenters. The molecule has 3 heteroatoms. The number of hydrogen-bond acceptors (Lipinski definition) is 0. The first-order chi connectivity index (χ1) is 13.2. The van der Waals surface area contributed by atoms with Crippen molar-refractivity contribution in [2.75, 3.05) is 0 Å². The fourth-order valence-electron chi connectivity index (χ4n) is 3.61. The van der Waals surface area contributed by atoms with Crippen LogP contribution in [0.2, 0.25) is 0 Å². The summed E-state index contributed by atoms with van der Waals surface area (Å²) in [7, 11) is 0. The molecule has 0 nitrogen and oxygen atoms in total. The molecule has 160 valence electrons. The smallest absolute Gasteiger partial charge is 1.00 e. The van der Waals surface area contributed by atoms with Gasteiger partial charge in [0.15, 0.2) is 0 Å². The van der Waals surface area contributed by atoms with Gasteiger partial charge < -0.3 is 24.8 Å². The predicted molar refractivity (Wildman–Crippen MR) is 124 cm³/mol. The maximum Gasteiger partial charge on any atom is -1.00 e. The van der Waals surface area contributed by atoms with Gasteiger partial charge in [-0.2, -0.15) is 0 Å². The van der Waals surface area contributed by atoms with Gasteiger partial charge in [-0.1, -0.05) is 64.5 Å². The summed E-state index contributed by atoms with van der Waals surface area (Å²) in [5.74, 6) is 0. The number of hydrogen-bond donors (Lipinski definition) is 0. The van der Waals surface area contributed by atoms with Crippen molar-refractivity contribution in [3.05, 3.63) is 83.9 Å². The third-order valence-corrected chi connectivity index (χ3v) is 4.98. The van der Waals surface area contributed by atoms with Gasteiger partial charge in [0.05, 0.1) is 0 Å². The molecule has 30 heavy (non-hydrogen) atoms. The molecule has 4 rings (SSSR count). The molecule has 0 heterocycles. The van der Waals surface area contributed by atoms with E-state index in [9.17, 15) is 0 Å². The molecule has 0 aliphatic carbocycles. The second-order valence-electron chi connectivity index (χ2n) is 9.17. The monoisotopic (exact) mass is 516 g/mol. The molecule has 0 saturated carbocycles. The van der Waals surface area contributed by atoms with Gasteiger partial charge in [0.25, 0.3) is 0 Å². The molecule has 0 amide bonds. The third-order valence-electron chi connectivity index (χ3n) is 4.98. The molecule has 0 unspecified atom stereocenters.